The predicted octanol–water partition coefficient (Wildman–Crippen LogP) is 3.69. The normalized spacial score (nSPS) is 13.0. The van der Waals surface area contributed by atoms with Crippen LogP contribution in [0.25, 0.3) is 0 Å². The van der Waals surface area contributed by atoms with Crippen LogP contribution in [0.5, 0.6) is 0 Å². The summed E-state index contributed by atoms with van der Waals surface area (Å²) < 4.78 is 5.76. The van der Waals surface area contributed by atoms with Gasteiger partial charge < -0.3 is 20.2 Å². The molecule has 3 N–H and O–H groups in total. The van der Waals surface area contributed by atoms with E-state index < -0.39 is 6.10 Å². The summed E-state index contributed by atoms with van der Waals surface area (Å²) in [4.78, 5) is 8.77. The highest BCUT2D eigenvalue weighted by Crippen LogP contribution is 2.22. The minimum atomic E-state index is -0.603. The van der Waals surface area contributed by atoms with Crippen molar-refractivity contribution in [2.24, 2.45) is 4.99 Å². The van der Waals surface area contributed by atoms with Crippen LogP contribution in [-0.2, 0) is 12.0 Å². The zero-order valence-corrected chi connectivity index (χ0v) is 19.1. The summed E-state index contributed by atoms with van der Waals surface area (Å²) >= 11 is 0. The SMILES string of the molecule is CCNC(=NCc1ncc(C(C)(C)C)o1)NCC(O)c1ccc(C)cc1.I. The highest BCUT2D eigenvalue weighted by molar-refractivity contribution is 14.0. The van der Waals surface area contributed by atoms with Gasteiger partial charge in [-0.15, -0.1) is 24.0 Å². The topological polar surface area (TPSA) is 82.7 Å². The van der Waals surface area contributed by atoms with E-state index in [1.54, 1.807) is 6.20 Å². The Kier molecular flexibility index (Phi) is 9.25. The first kappa shape index (κ1) is 23.4. The number of halogens is 1. The largest absolute Gasteiger partial charge is 0.443 e. The van der Waals surface area contributed by atoms with Gasteiger partial charge in [-0.2, -0.15) is 0 Å². The van der Waals surface area contributed by atoms with Crippen LogP contribution in [0, 0.1) is 6.92 Å². The summed E-state index contributed by atoms with van der Waals surface area (Å²) in [7, 11) is 0. The van der Waals surface area contributed by atoms with E-state index in [9.17, 15) is 5.11 Å². The second-order valence-electron chi connectivity index (χ2n) is 7.37. The molecule has 6 nitrogen and oxygen atoms in total. The maximum atomic E-state index is 10.3. The van der Waals surface area contributed by atoms with Crippen LogP contribution >= 0.6 is 24.0 Å². The number of aromatic nitrogens is 1. The fourth-order valence-electron chi connectivity index (χ4n) is 2.32. The van der Waals surface area contributed by atoms with E-state index in [0.29, 0.717) is 24.9 Å². The summed E-state index contributed by atoms with van der Waals surface area (Å²) in [6.45, 7) is 11.7. The van der Waals surface area contributed by atoms with E-state index in [1.165, 1.54) is 5.56 Å². The lowest BCUT2D eigenvalue weighted by atomic mass is 9.94. The molecule has 0 aliphatic carbocycles. The average molecular weight is 486 g/mol. The molecule has 2 rings (SSSR count). The molecular weight excluding hydrogens is 455 g/mol. The van der Waals surface area contributed by atoms with Crippen molar-refractivity contribution in [3.8, 4) is 0 Å². The summed E-state index contributed by atoms with van der Waals surface area (Å²) in [6, 6.07) is 7.86. The maximum Gasteiger partial charge on any atom is 0.216 e. The summed E-state index contributed by atoms with van der Waals surface area (Å²) in [5.41, 5.74) is 1.97. The van der Waals surface area contributed by atoms with Gasteiger partial charge in [-0.05, 0) is 19.4 Å². The summed E-state index contributed by atoms with van der Waals surface area (Å²) in [6.07, 6.45) is 1.15. The van der Waals surface area contributed by atoms with Crippen LogP contribution < -0.4 is 10.6 Å². The third-order valence-corrected chi connectivity index (χ3v) is 3.93. The van der Waals surface area contributed by atoms with Gasteiger partial charge in [0.25, 0.3) is 0 Å². The molecule has 1 aromatic heterocycles. The van der Waals surface area contributed by atoms with Gasteiger partial charge in [-0.1, -0.05) is 50.6 Å². The number of nitrogens with one attached hydrogen (secondary N) is 2. The van der Waals surface area contributed by atoms with Gasteiger partial charge >= 0.3 is 0 Å². The first-order chi connectivity index (χ1) is 12.3. The third-order valence-electron chi connectivity index (χ3n) is 3.93. The number of rotatable bonds is 6. The highest BCUT2D eigenvalue weighted by atomic mass is 127. The van der Waals surface area contributed by atoms with Gasteiger partial charge in [-0.3, -0.25) is 0 Å². The molecule has 1 unspecified atom stereocenters. The van der Waals surface area contributed by atoms with E-state index in [2.05, 4.69) is 41.4 Å². The highest BCUT2D eigenvalue weighted by Gasteiger charge is 2.19. The first-order valence-electron chi connectivity index (χ1n) is 9.01. The van der Waals surface area contributed by atoms with Crippen LogP contribution in [0.1, 0.15) is 56.6 Å². The number of guanidine groups is 1. The van der Waals surface area contributed by atoms with E-state index in [1.807, 2.05) is 38.1 Å². The molecule has 0 bridgehead atoms. The molecule has 2 aromatic rings. The van der Waals surface area contributed by atoms with Crippen molar-refractivity contribution in [1.82, 2.24) is 15.6 Å². The number of hydrogen-bond donors (Lipinski definition) is 3. The Labute approximate surface area is 178 Å². The van der Waals surface area contributed by atoms with Gasteiger partial charge in [0.05, 0.1) is 12.3 Å². The molecular formula is C20H31IN4O2. The quantitative estimate of drug-likeness (QED) is 0.330. The van der Waals surface area contributed by atoms with E-state index in [0.717, 1.165) is 17.9 Å². The number of benzene rings is 1. The number of aliphatic hydroxyl groups is 1. The second-order valence-corrected chi connectivity index (χ2v) is 7.37. The Morgan fingerprint density at radius 3 is 2.44 bits per heavy atom. The molecule has 0 radical (unpaired) electrons. The van der Waals surface area contributed by atoms with Crippen molar-refractivity contribution >= 4 is 29.9 Å². The van der Waals surface area contributed by atoms with Crippen LogP contribution in [-0.4, -0.2) is 29.1 Å². The fraction of sp³-hybridized carbons (Fsp3) is 0.500. The monoisotopic (exact) mass is 486 g/mol. The van der Waals surface area contributed by atoms with Crippen molar-refractivity contribution in [2.45, 2.75) is 52.7 Å². The van der Waals surface area contributed by atoms with E-state index in [4.69, 9.17) is 4.42 Å². The van der Waals surface area contributed by atoms with Gasteiger partial charge in [0.2, 0.25) is 5.89 Å². The van der Waals surface area contributed by atoms with Crippen molar-refractivity contribution in [3.05, 3.63) is 53.2 Å². The van der Waals surface area contributed by atoms with E-state index >= 15 is 0 Å². The number of hydrogen-bond acceptors (Lipinski definition) is 4. The number of aryl methyl sites for hydroxylation is 1. The lowest BCUT2D eigenvalue weighted by Gasteiger charge is -2.15. The molecule has 1 aromatic carbocycles. The molecule has 0 aliphatic heterocycles. The van der Waals surface area contributed by atoms with Crippen LogP contribution in [0.15, 0.2) is 39.9 Å². The molecule has 0 aliphatic rings. The third kappa shape index (κ3) is 7.50. The molecule has 150 valence electrons. The predicted molar refractivity (Wildman–Crippen MR) is 120 cm³/mol. The van der Waals surface area contributed by atoms with Crippen LogP contribution in [0.4, 0.5) is 0 Å². The Hall–Kier alpha value is -1.61. The zero-order chi connectivity index (χ0) is 19.2. The first-order valence-corrected chi connectivity index (χ1v) is 9.01. The van der Waals surface area contributed by atoms with Crippen molar-refractivity contribution in [3.63, 3.8) is 0 Å². The number of aliphatic hydroxyl groups excluding tert-OH is 1. The van der Waals surface area contributed by atoms with E-state index in [-0.39, 0.29) is 29.4 Å². The fourth-order valence-corrected chi connectivity index (χ4v) is 2.32. The summed E-state index contributed by atoms with van der Waals surface area (Å²) in [5.74, 6) is 2.04. The Morgan fingerprint density at radius 1 is 1.22 bits per heavy atom. The maximum absolute atomic E-state index is 10.3. The minimum absolute atomic E-state index is 0. The second kappa shape index (κ2) is 10.7. The van der Waals surface area contributed by atoms with Gasteiger partial charge in [0.1, 0.15) is 12.3 Å². The Morgan fingerprint density at radius 2 is 1.89 bits per heavy atom. The molecule has 0 saturated carbocycles. The number of oxazole rings is 1. The molecule has 7 heteroatoms. The van der Waals surface area contributed by atoms with Gasteiger partial charge in [0, 0.05) is 18.5 Å². The molecule has 27 heavy (non-hydrogen) atoms. The van der Waals surface area contributed by atoms with Gasteiger partial charge in [0.15, 0.2) is 5.96 Å². The minimum Gasteiger partial charge on any atom is -0.443 e. The average Bonchev–Trinajstić information content (AvgIpc) is 3.07. The van der Waals surface area contributed by atoms with Crippen LogP contribution in [0.3, 0.4) is 0 Å². The Bertz CT molecular complexity index is 720. The van der Waals surface area contributed by atoms with Crippen molar-refractivity contribution < 1.29 is 9.52 Å². The lowest BCUT2D eigenvalue weighted by molar-refractivity contribution is 0.181. The summed E-state index contributed by atoms with van der Waals surface area (Å²) in [5, 5.41) is 16.7. The number of nitrogens with zero attached hydrogens (tertiary/aromatic N) is 2. The van der Waals surface area contributed by atoms with Gasteiger partial charge in [-0.25, -0.2) is 9.98 Å². The van der Waals surface area contributed by atoms with Crippen LogP contribution in [0.2, 0.25) is 0 Å². The lowest BCUT2D eigenvalue weighted by Crippen LogP contribution is -2.39. The zero-order valence-electron chi connectivity index (χ0n) is 16.7. The van der Waals surface area contributed by atoms with Crippen molar-refractivity contribution in [1.29, 1.82) is 0 Å². The molecule has 0 amide bonds. The molecule has 1 heterocycles. The van der Waals surface area contributed by atoms with Crippen molar-refractivity contribution in [2.75, 3.05) is 13.1 Å². The Balaban J connectivity index is 0.00000364. The standard InChI is InChI=1S/C20H30N4O2.HI/c1-6-21-19(23-11-16(25)15-9-7-14(2)8-10-15)24-13-18-22-12-17(26-18)20(3,4)5;/h7-10,12,16,25H,6,11,13H2,1-5H3,(H2,21,23,24);1H. The smallest absolute Gasteiger partial charge is 0.216 e. The molecule has 0 spiro atoms. The number of aliphatic imine (C=N–C) groups is 1. The molecule has 0 saturated heterocycles. The molecule has 0 fully saturated rings. The molecule has 1 atom stereocenters.